The van der Waals surface area contributed by atoms with Gasteiger partial charge in [0.25, 0.3) is 0 Å². The van der Waals surface area contributed by atoms with Crippen LogP contribution in [-0.4, -0.2) is 27.3 Å². The first-order valence-corrected chi connectivity index (χ1v) is 11.8. The highest BCUT2D eigenvalue weighted by Gasteiger charge is 2.24. The van der Waals surface area contributed by atoms with Crippen molar-refractivity contribution in [2.45, 2.75) is 32.8 Å². The van der Waals surface area contributed by atoms with Gasteiger partial charge in [0, 0.05) is 18.0 Å². The van der Waals surface area contributed by atoms with Gasteiger partial charge in [0.05, 0.1) is 16.4 Å². The molecule has 0 amide bonds. The van der Waals surface area contributed by atoms with Gasteiger partial charge in [-0.15, -0.1) is 10.2 Å². The summed E-state index contributed by atoms with van der Waals surface area (Å²) in [5.41, 5.74) is 5.57. The van der Waals surface area contributed by atoms with E-state index in [-0.39, 0.29) is 17.8 Å². The lowest BCUT2D eigenvalue weighted by molar-refractivity contribution is 0.293. The van der Waals surface area contributed by atoms with Crippen molar-refractivity contribution in [2.75, 3.05) is 12.4 Å². The molecular weight excluding hydrogens is 492 g/mol. The number of ether oxygens (including phenoxy) is 1. The van der Waals surface area contributed by atoms with Crippen molar-refractivity contribution in [3.63, 3.8) is 0 Å². The number of rotatable bonds is 7. The number of phenols is 1. The van der Waals surface area contributed by atoms with E-state index in [0.29, 0.717) is 21.7 Å². The van der Waals surface area contributed by atoms with Crippen LogP contribution >= 0.6 is 15.9 Å². The van der Waals surface area contributed by atoms with E-state index in [2.05, 4.69) is 93.6 Å². The molecular formula is C27H27BrN4O2. The topological polar surface area (TPSA) is 80.2 Å². The minimum Gasteiger partial charge on any atom is -0.505 e. The van der Waals surface area contributed by atoms with Crippen LogP contribution in [0, 0.1) is 6.92 Å². The van der Waals surface area contributed by atoms with Gasteiger partial charge < -0.3 is 15.2 Å². The Morgan fingerprint density at radius 2 is 1.79 bits per heavy atom. The van der Waals surface area contributed by atoms with Crippen LogP contribution < -0.4 is 10.1 Å². The molecule has 0 saturated carbocycles. The molecule has 1 aromatic heterocycles. The highest BCUT2D eigenvalue weighted by Crippen LogP contribution is 2.36. The van der Waals surface area contributed by atoms with E-state index in [9.17, 15) is 5.11 Å². The van der Waals surface area contributed by atoms with Gasteiger partial charge in [-0.3, -0.25) is 0 Å². The number of benzene rings is 3. The van der Waals surface area contributed by atoms with E-state index in [1.165, 1.54) is 16.7 Å². The average molecular weight is 519 g/mol. The summed E-state index contributed by atoms with van der Waals surface area (Å²) in [6.07, 6.45) is 1.65. The molecule has 3 aromatic carbocycles. The summed E-state index contributed by atoms with van der Waals surface area (Å²) in [5, 5.41) is 21.5. The maximum Gasteiger partial charge on any atom is 0.188 e. The minimum atomic E-state index is -0.108. The van der Waals surface area contributed by atoms with Crippen molar-refractivity contribution in [1.82, 2.24) is 15.2 Å². The summed E-state index contributed by atoms with van der Waals surface area (Å²) in [7, 11) is 1.74. The third-order valence-corrected chi connectivity index (χ3v) is 6.58. The number of aromatic hydroxyl groups is 1. The van der Waals surface area contributed by atoms with Crippen molar-refractivity contribution < 1.29 is 9.84 Å². The van der Waals surface area contributed by atoms with Crippen LogP contribution in [0.3, 0.4) is 0 Å². The monoisotopic (exact) mass is 518 g/mol. The van der Waals surface area contributed by atoms with Crippen molar-refractivity contribution in [1.29, 1.82) is 0 Å². The van der Waals surface area contributed by atoms with Gasteiger partial charge in [0.2, 0.25) is 0 Å². The number of aryl methyl sites for hydroxylation is 1. The van der Waals surface area contributed by atoms with Crippen LogP contribution in [0.15, 0.2) is 71.3 Å². The molecule has 7 heteroatoms. The molecule has 2 N–H and O–H groups in total. The number of aromatic nitrogens is 3. The number of phenolic OH excluding ortho intramolecular Hbond substituents is 1. The zero-order valence-electron chi connectivity index (χ0n) is 19.6. The molecule has 0 bridgehead atoms. The van der Waals surface area contributed by atoms with Crippen molar-refractivity contribution in [3.05, 3.63) is 93.8 Å². The number of hydrogen-bond acceptors (Lipinski definition) is 6. The zero-order chi connectivity index (χ0) is 24.3. The largest absolute Gasteiger partial charge is 0.505 e. The normalized spacial score (nSPS) is 11.3. The van der Waals surface area contributed by atoms with Crippen molar-refractivity contribution in [2.24, 2.45) is 0 Å². The molecule has 0 aliphatic rings. The molecule has 4 aromatic rings. The molecule has 6 nitrogen and oxygen atoms in total. The Balaban J connectivity index is 1.46. The van der Waals surface area contributed by atoms with E-state index in [0.717, 1.165) is 11.3 Å². The molecule has 34 heavy (non-hydrogen) atoms. The van der Waals surface area contributed by atoms with E-state index in [4.69, 9.17) is 4.74 Å². The SMILES string of the molecule is CNc1cc(-c2cnc(COc3ccc(C(C)(C)c4ccccc4)c(C)c3)nn2)cc(Br)c1O. The molecule has 0 aliphatic carbocycles. The number of nitrogens with one attached hydrogen (secondary N) is 1. The van der Waals surface area contributed by atoms with Crippen LogP contribution in [0.5, 0.6) is 11.5 Å². The highest BCUT2D eigenvalue weighted by molar-refractivity contribution is 9.10. The number of hydrogen-bond donors (Lipinski definition) is 2. The Morgan fingerprint density at radius 1 is 1.03 bits per heavy atom. The van der Waals surface area contributed by atoms with E-state index in [1.54, 1.807) is 25.4 Å². The van der Waals surface area contributed by atoms with Gasteiger partial charge in [0.15, 0.2) is 11.6 Å². The van der Waals surface area contributed by atoms with Crippen LogP contribution in [0.1, 0.15) is 36.4 Å². The second-order valence-corrected chi connectivity index (χ2v) is 9.47. The Hall–Kier alpha value is -3.45. The second kappa shape index (κ2) is 9.81. The first kappa shape index (κ1) is 23.7. The third kappa shape index (κ3) is 4.89. The van der Waals surface area contributed by atoms with Crippen LogP contribution in [-0.2, 0) is 12.0 Å². The van der Waals surface area contributed by atoms with Crippen molar-refractivity contribution >= 4 is 21.6 Å². The fourth-order valence-corrected chi connectivity index (χ4v) is 4.48. The molecule has 174 valence electrons. The molecule has 0 fully saturated rings. The predicted octanol–water partition coefficient (Wildman–Crippen LogP) is 6.26. The van der Waals surface area contributed by atoms with E-state index < -0.39 is 0 Å². The molecule has 0 aliphatic heterocycles. The summed E-state index contributed by atoms with van der Waals surface area (Å²) < 4.78 is 6.52. The highest BCUT2D eigenvalue weighted by atomic mass is 79.9. The summed E-state index contributed by atoms with van der Waals surface area (Å²) in [6, 6.07) is 20.2. The Bertz CT molecular complexity index is 1290. The van der Waals surface area contributed by atoms with Crippen molar-refractivity contribution in [3.8, 4) is 22.8 Å². The first-order chi connectivity index (χ1) is 16.3. The Labute approximate surface area is 208 Å². The number of halogens is 1. The van der Waals surface area contributed by atoms with Gasteiger partial charge >= 0.3 is 0 Å². The van der Waals surface area contributed by atoms with Gasteiger partial charge in [-0.1, -0.05) is 50.2 Å². The third-order valence-electron chi connectivity index (χ3n) is 5.97. The van der Waals surface area contributed by atoms with E-state index in [1.807, 2.05) is 12.1 Å². The maximum absolute atomic E-state index is 10.1. The van der Waals surface area contributed by atoms with Crippen LogP contribution in [0.25, 0.3) is 11.3 Å². The number of nitrogens with zero attached hydrogens (tertiary/aromatic N) is 3. The van der Waals surface area contributed by atoms with E-state index >= 15 is 0 Å². The zero-order valence-corrected chi connectivity index (χ0v) is 21.2. The first-order valence-electron chi connectivity index (χ1n) is 11.0. The molecule has 0 unspecified atom stereocenters. The molecule has 0 radical (unpaired) electrons. The van der Waals surface area contributed by atoms with Crippen LogP contribution in [0.2, 0.25) is 0 Å². The number of anilines is 1. The van der Waals surface area contributed by atoms with Gasteiger partial charge in [-0.25, -0.2) is 4.98 Å². The maximum atomic E-state index is 10.1. The lowest BCUT2D eigenvalue weighted by Gasteiger charge is -2.28. The molecule has 1 heterocycles. The molecule has 0 spiro atoms. The lowest BCUT2D eigenvalue weighted by Crippen LogP contribution is -2.20. The van der Waals surface area contributed by atoms with Crippen LogP contribution in [0.4, 0.5) is 5.69 Å². The molecule has 0 saturated heterocycles. The smallest absolute Gasteiger partial charge is 0.188 e. The molecule has 4 rings (SSSR count). The quantitative estimate of drug-likeness (QED) is 0.281. The average Bonchev–Trinajstić information content (AvgIpc) is 2.85. The Morgan fingerprint density at radius 3 is 2.44 bits per heavy atom. The molecule has 0 atom stereocenters. The summed E-state index contributed by atoms with van der Waals surface area (Å²) in [5.74, 6) is 1.39. The van der Waals surface area contributed by atoms with Gasteiger partial charge in [-0.2, -0.15) is 0 Å². The second-order valence-electron chi connectivity index (χ2n) is 8.62. The summed E-state index contributed by atoms with van der Waals surface area (Å²) >= 11 is 3.36. The standard InChI is InChI=1S/C27H27BrN4O2/c1-17-12-20(10-11-21(17)27(2,3)19-8-6-5-7-9-19)34-16-25-30-15-24(31-32-25)18-13-22(28)26(33)23(14-18)29-4/h5-15,29,33H,16H2,1-4H3. The Kier molecular flexibility index (Phi) is 6.84. The van der Waals surface area contributed by atoms with Gasteiger partial charge in [0.1, 0.15) is 18.1 Å². The fraction of sp³-hybridized carbons (Fsp3) is 0.222. The minimum absolute atomic E-state index is 0.108. The fourth-order valence-electron chi connectivity index (χ4n) is 4.02. The predicted molar refractivity (Wildman–Crippen MR) is 138 cm³/mol. The summed E-state index contributed by atoms with van der Waals surface area (Å²) in [4.78, 5) is 4.40. The summed E-state index contributed by atoms with van der Waals surface area (Å²) in [6.45, 7) is 6.79. The van der Waals surface area contributed by atoms with Gasteiger partial charge in [-0.05, 0) is 63.8 Å². The lowest BCUT2D eigenvalue weighted by atomic mass is 9.76.